The molecule has 0 saturated carbocycles. The fraction of sp³-hybridized carbons (Fsp3) is 0.762. The maximum absolute atomic E-state index is 4.61. The molecule has 24 heavy (non-hydrogen) atoms. The number of nitrogens with zero attached hydrogens (tertiary/aromatic N) is 1. The van der Waals surface area contributed by atoms with Gasteiger partial charge in [-0.1, -0.05) is 68.7 Å². The van der Waals surface area contributed by atoms with Crippen molar-refractivity contribution in [3.05, 3.63) is 24.3 Å². The standard InChI is InChI=1S/C21H43NSi2/c1-20(2)18-23(5,6)16-12-10-9-11-14-22-15-13-17-24(7,8)19-21(3)4/h15H,1,3,9-14,16-19H2,2,4-8H3. The van der Waals surface area contributed by atoms with Gasteiger partial charge in [-0.25, -0.2) is 0 Å². The van der Waals surface area contributed by atoms with Crippen LogP contribution in [0.1, 0.15) is 46.0 Å². The van der Waals surface area contributed by atoms with Crippen LogP contribution in [0.5, 0.6) is 0 Å². The van der Waals surface area contributed by atoms with Crippen LogP contribution in [0.2, 0.25) is 50.4 Å². The topological polar surface area (TPSA) is 12.4 Å². The number of hydrogen-bond donors (Lipinski definition) is 0. The van der Waals surface area contributed by atoms with E-state index in [9.17, 15) is 0 Å². The lowest BCUT2D eigenvalue weighted by Crippen LogP contribution is -2.24. The number of hydrogen-bond acceptors (Lipinski definition) is 1. The van der Waals surface area contributed by atoms with Crippen LogP contribution in [0, 0.1) is 0 Å². The van der Waals surface area contributed by atoms with E-state index in [2.05, 4.69) is 64.4 Å². The van der Waals surface area contributed by atoms with Gasteiger partial charge in [-0.15, -0.1) is 13.2 Å². The van der Waals surface area contributed by atoms with Gasteiger partial charge in [0.1, 0.15) is 0 Å². The van der Waals surface area contributed by atoms with Crippen LogP contribution in [0.15, 0.2) is 29.3 Å². The van der Waals surface area contributed by atoms with Gasteiger partial charge < -0.3 is 0 Å². The molecule has 0 aromatic rings. The summed E-state index contributed by atoms with van der Waals surface area (Å²) in [7, 11) is -2.09. The number of rotatable bonds is 14. The van der Waals surface area contributed by atoms with Gasteiger partial charge >= 0.3 is 0 Å². The molecule has 0 bridgehead atoms. The minimum Gasteiger partial charge on any atom is -0.298 e. The zero-order valence-corrected chi connectivity index (χ0v) is 19.5. The molecule has 0 heterocycles. The van der Waals surface area contributed by atoms with Crippen molar-refractivity contribution in [3.8, 4) is 0 Å². The fourth-order valence-electron chi connectivity index (χ4n) is 3.61. The Morgan fingerprint density at radius 2 is 1.29 bits per heavy atom. The summed E-state index contributed by atoms with van der Waals surface area (Å²) in [5.74, 6) is 0. The van der Waals surface area contributed by atoms with Crippen LogP contribution in [0.3, 0.4) is 0 Å². The van der Waals surface area contributed by atoms with Crippen LogP contribution in [0.4, 0.5) is 0 Å². The van der Waals surface area contributed by atoms with Gasteiger partial charge in [0.05, 0.1) is 16.1 Å². The number of aliphatic imine (C=N–C) groups is 1. The van der Waals surface area contributed by atoms with E-state index in [1.54, 1.807) is 0 Å². The monoisotopic (exact) mass is 365 g/mol. The molecule has 0 aromatic heterocycles. The summed E-state index contributed by atoms with van der Waals surface area (Å²) in [5, 5.41) is 0. The molecule has 0 fully saturated rings. The van der Waals surface area contributed by atoms with Crippen molar-refractivity contribution in [1.82, 2.24) is 0 Å². The highest BCUT2D eigenvalue weighted by atomic mass is 28.3. The van der Waals surface area contributed by atoms with Crippen LogP contribution in [-0.2, 0) is 0 Å². The third kappa shape index (κ3) is 15.1. The minimum atomic E-state index is -1.08. The number of unbranched alkanes of at least 4 members (excludes halogenated alkanes) is 3. The second-order valence-electron chi connectivity index (χ2n) is 9.39. The fourth-order valence-corrected chi connectivity index (χ4v) is 9.35. The Balaban J connectivity index is 3.63. The van der Waals surface area contributed by atoms with Crippen molar-refractivity contribution in [2.24, 2.45) is 4.99 Å². The molecule has 3 heteroatoms. The average Bonchev–Trinajstić information content (AvgIpc) is 2.37. The molecule has 0 radical (unpaired) electrons. The lowest BCUT2D eigenvalue weighted by atomic mass is 10.2. The second-order valence-corrected chi connectivity index (χ2v) is 19.8. The first-order valence-electron chi connectivity index (χ1n) is 9.81. The highest BCUT2D eigenvalue weighted by Gasteiger charge is 2.20. The van der Waals surface area contributed by atoms with Crippen molar-refractivity contribution < 1.29 is 0 Å². The highest BCUT2D eigenvalue weighted by molar-refractivity contribution is 6.78. The molecular weight excluding hydrogens is 322 g/mol. The Kier molecular flexibility index (Phi) is 11.8. The molecule has 0 unspecified atom stereocenters. The van der Waals surface area contributed by atoms with Crippen molar-refractivity contribution in [2.45, 2.75) is 96.3 Å². The van der Waals surface area contributed by atoms with Crippen molar-refractivity contribution in [1.29, 1.82) is 0 Å². The first kappa shape index (κ1) is 23.6. The molecule has 0 atom stereocenters. The molecule has 140 valence electrons. The van der Waals surface area contributed by atoms with Gasteiger partial charge in [0.2, 0.25) is 0 Å². The molecule has 0 aliphatic heterocycles. The van der Waals surface area contributed by atoms with Gasteiger partial charge in [-0.2, -0.15) is 0 Å². The van der Waals surface area contributed by atoms with Crippen molar-refractivity contribution in [2.75, 3.05) is 6.54 Å². The summed E-state index contributed by atoms with van der Waals surface area (Å²) in [4.78, 5) is 4.61. The Labute approximate surface area is 154 Å². The zero-order chi connectivity index (χ0) is 18.6. The van der Waals surface area contributed by atoms with Gasteiger partial charge in [-0.05, 0) is 45.0 Å². The second kappa shape index (κ2) is 12.0. The Morgan fingerprint density at radius 3 is 1.83 bits per heavy atom. The first-order valence-corrected chi connectivity index (χ1v) is 16.6. The summed E-state index contributed by atoms with van der Waals surface area (Å²) < 4.78 is 0. The lowest BCUT2D eigenvalue weighted by Gasteiger charge is -2.22. The lowest BCUT2D eigenvalue weighted by molar-refractivity contribution is 0.671. The highest BCUT2D eigenvalue weighted by Crippen LogP contribution is 2.23. The van der Waals surface area contributed by atoms with E-state index in [1.165, 1.54) is 61.0 Å². The molecule has 0 amide bonds. The molecule has 0 aliphatic rings. The van der Waals surface area contributed by atoms with E-state index < -0.39 is 16.1 Å². The van der Waals surface area contributed by atoms with Crippen LogP contribution < -0.4 is 0 Å². The normalized spacial score (nSPS) is 12.8. The maximum atomic E-state index is 4.61. The van der Waals surface area contributed by atoms with E-state index in [-0.39, 0.29) is 0 Å². The molecule has 0 N–H and O–H groups in total. The van der Waals surface area contributed by atoms with E-state index in [4.69, 9.17) is 0 Å². The summed E-state index contributed by atoms with van der Waals surface area (Å²) in [6.45, 7) is 23.4. The summed E-state index contributed by atoms with van der Waals surface area (Å²) in [6, 6.07) is 5.34. The molecule has 0 rings (SSSR count). The molecular formula is C21H43NSi2. The molecule has 0 aliphatic carbocycles. The smallest absolute Gasteiger partial charge is 0.0517 e. The quantitative estimate of drug-likeness (QED) is 0.130. The van der Waals surface area contributed by atoms with Crippen LogP contribution in [0.25, 0.3) is 0 Å². The van der Waals surface area contributed by atoms with Gasteiger partial charge in [0, 0.05) is 6.54 Å². The largest absolute Gasteiger partial charge is 0.298 e. The minimum absolute atomic E-state index is 1.01. The van der Waals surface area contributed by atoms with Crippen LogP contribution >= 0.6 is 0 Å². The number of allylic oxidation sites excluding steroid dienone is 2. The molecule has 1 nitrogen and oxygen atoms in total. The first-order chi connectivity index (χ1) is 11.0. The third-order valence-electron chi connectivity index (χ3n) is 4.53. The zero-order valence-electron chi connectivity index (χ0n) is 17.5. The van der Waals surface area contributed by atoms with Gasteiger partial charge in [-0.3, -0.25) is 4.99 Å². The summed E-state index contributed by atoms with van der Waals surface area (Å²) >= 11 is 0. The van der Waals surface area contributed by atoms with E-state index in [1.807, 2.05) is 0 Å². The van der Waals surface area contributed by atoms with Gasteiger partial charge in [0.25, 0.3) is 0 Å². The van der Waals surface area contributed by atoms with E-state index >= 15 is 0 Å². The van der Waals surface area contributed by atoms with Gasteiger partial charge in [0.15, 0.2) is 0 Å². The third-order valence-corrected chi connectivity index (χ3v) is 11.0. The Morgan fingerprint density at radius 1 is 0.792 bits per heavy atom. The summed E-state index contributed by atoms with van der Waals surface area (Å²) in [5.41, 5.74) is 2.72. The average molecular weight is 366 g/mol. The summed E-state index contributed by atoms with van der Waals surface area (Å²) in [6.07, 6.45) is 8.71. The molecule has 0 aromatic carbocycles. The molecule has 0 saturated heterocycles. The van der Waals surface area contributed by atoms with E-state index in [0.717, 1.165) is 13.0 Å². The SMILES string of the molecule is C=C(C)C[Si](C)(C)CCC=NCCCCCC[Si](C)(C)CC(=C)C. The van der Waals surface area contributed by atoms with E-state index in [0.29, 0.717) is 0 Å². The van der Waals surface area contributed by atoms with Crippen LogP contribution in [-0.4, -0.2) is 28.9 Å². The Bertz CT molecular complexity index is 408. The predicted molar refractivity (Wildman–Crippen MR) is 120 cm³/mol. The Hall–Kier alpha value is -0.416. The van der Waals surface area contributed by atoms with Crippen molar-refractivity contribution in [3.63, 3.8) is 0 Å². The maximum Gasteiger partial charge on any atom is 0.0517 e. The molecule has 0 spiro atoms. The van der Waals surface area contributed by atoms with Crippen molar-refractivity contribution >= 4 is 22.4 Å². The predicted octanol–water partition coefficient (Wildman–Crippen LogP) is 7.58.